The van der Waals surface area contributed by atoms with Crippen LogP contribution in [0.5, 0.6) is 0 Å². The SMILES string of the molecule is CN(C)c1nccc(N(C)c2ccccc2C(N)=S)n1. The van der Waals surface area contributed by atoms with Gasteiger partial charge in [-0.25, -0.2) is 4.98 Å². The average Bonchev–Trinajstić information content (AvgIpc) is 2.46. The van der Waals surface area contributed by atoms with Gasteiger partial charge in [-0.1, -0.05) is 24.4 Å². The topological polar surface area (TPSA) is 58.3 Å². The molecule has 0 bridgehead atoms. The maximum absolute atomic E-state index is 5.77. The molecule has 20 heavy (non-hydrogen) atoms. The zero-order chi connectivity index (χ0) is 14.7. The molecule has 1 aromatic heterocycles. The second-order valence-electron chi connectivity index (χ2n) is 4.55. The lowest BCUT2D eigenvalue weighted by Crippen LogP contribution is -2.20. The van der Waals surface area contributed by atoms with Crippen LogP contribution in [0.1, 0.15) is 5.56 Å². The maximum atomic E-state index is 5.77. The molecule has 0 aliphatic carbocycles. The zero-order valence-electron chi connectivity index (χ0n) is 11.7. The highest BCUT2D eigenvalue weighted by Gasteiger charge is 2.12. The fraction of sp³-hybridized carbons (Fsp3) is 0.214. The Morgan fingerprint density at radius 3 is 2.50 bits per heavy atom. The highest BCUT2D eigenvalue weighted by atomic mass is 32.1. The fourth-order valence-corrected chi connectivity index (χ4v) is 2.01. The second-order valence-corrected chi connectivity index (χ2v) is 4.99. The largest absolute Gasteiger partial charge is 0.389 e. The van der Waals surface area contributed by atoms with Gasteiger partial charge >= 0.3 is 0 Å². The molecule has 0 unspecified atom stereocenters. The van der Waals surface area contributed by atoms with Gasteiger partial charge in [0.15, 0.2) is 0 Å². The van der Waals surface area contributed by atoms with Crippen molar-refractivity contribution in [3.63, 3.8) is 0 Å². The molecule has 0 aliphatic heterocycles. The molecule has 0 spiro atoms. The molecule has 0 radical (unpaired) electrons. The Labute approximate surface area is 124 Å². The summed E-state index contributed by atoms with van der Waals surface area (Å²) in [6, 6.07) is 9.58. The first kappa shape index (κ1) is 14.2. The number of para-hydroxylation sites is 1. The average molecular weight is 287 g/mol. The van der Waals surface area contributed by atoms with E-state index in [1.807, 2.05) is 61.3 Å². The molecule has 104 valence electrons. The highest BCUT2D eigenvalue weighted by molar-refractivity contribution is 7.80. The number of anilines is 3. The molecule has 0 atom stereocenters. The molecule has 0 saturated carbocycles. The molecule has 1 heterocycles. The van der Waals surface area contributed by atoms with E-state index in [4.69, 9.17) is 18.0 Å². The van der Waals surface area contributed by atoms with Gasteiger partial charge in [0.2, 0.25) is 5.95 Å². The van der Waals surface area contributed by atoms with E-state index in [0.717, 1.165) is 17.1 Å². The highest BCUT2D eigenvalue weighted by Crippen LogP contribution is 2.26. The van der Waals surface area contributed by atoms with Gasteiger partial charge in [0.05, 0.1) is 5.69 Å². The van der Waals surface area contributed by atoms with E-state index in [-0.39, 0.29) is 0 Å². The summed E-state index contributed by atoms with van der Waals surface area (Å²) in [5, 5.41) is 0. The van der Waals surface area contributed by atoms with Crippen LogP contribution in [0.2, 0.25) is 0 Å². The lowest BCUT2D eigenvalue weighted by atomic mass is 10.1. The smallest absolute Gasteiger partial charge is 0.226 e. The van der Waals surface area contributed by atoms with Crippen LogP contribution in [0.15, 0.2) is 36.5 Å². The van der Waals surface area contributed by atoms with Gasteiger partial charge in [0, 0.05) is 32.9 Å². The fourth-order valence-electron chi connectivity index (χ4n) is 1.84. The Bertz CT molecular complexity index is 626. The van der Waals surface area contributed by atoms with Crippen molar-refractivity contribution in [3.8, 4) is 0 Å². The van der Waals surface area contributed by atoms with Gasteiger partial charge in [-0.2, -0.15) is 4.98 Å². The molecule has 1 aromatic carbocycles. The van der Waals surface area contributed by atoms with E-state index in [1.54, 1.807) is 6.20 Å². The minimum atomic E-state index is 0.370. The number of benzene rings is 1. The summed E-state index contributed by atoms with van der Waals surface area (Å²) in [5.41, 5.74) is 7.52. The van der Waals surface area contributed by atoms with E-state index < -0.39 is 0 Å². The number of hydrogen-bond donors (Lipinski definition) is 1. The van der Waals surface area contributed by atoms with Gasteiger partial charge < -0.3 is 15.5 Å². The predicted molar refractivity (Wildman–Crippen MR) is 86.8 cm³/mol. The molecule has 2 rings (SSSR count). The van der Waals surface area contributed by atoms with E-state index in [0.29, 0.717) is 10.9 Å². The van der Waals surface area contributed by atoms with E-state index >= 15 is 0 Å². The molecular formula is C14H17N5S. The van der Waals surface area contributed by atoms with Crippen LogP contribution >= 0.6 is 12.2 Å². The summed E-state index contributed by atoms with van der Waals surface area (Å²) in [6.07, 6.45) is 1.73. The number of nitrogens with zero attached hydrogens (tertiary/aromatic N) is 4. The molecular weight excluding hydrogens is 270 g/mol. The summed E-state index contributed by atoms with van der Waals surface area (Å²) < 4.78 is 0. The second kappa shape index (κ2) is 5.83. The van der Waals surface area contributed by atoms with Crippen molar-refractivity contribution in [3.05, 3.63) is 42.1 Å². The number of thiocarbonyl (C=S) groups is 1. The Hall–Kier alpha value is -2.21. The van der Waals surface area contributed by atoms with Gasteiger partial charge in [0.1, 0.15) is 10.8 Å². The molecule has 0 saturated heterocycles. The third kappa shape index (κ3) is 2.85. The third-order valence-electron chi connectivity index (χ3n) is 2.90. The molecule has 5 nitrogen and oxygen atoms in total. The maximum Gasteiger partial charge on any atom is 0.226 e. The molecule has 2 N–H and O–H groups in total. The minimum absolute atomic E-state index is 0.370. The summed E-state index contributed by atoms with van der Waals surface area (Å²) in [4.78, 5) is 12.9. The van der Waals surface area contributed by atoms with Crippen molar-refractivity contribution >= 4 is 34.7 Å². The summed E-state index contributed by atoms with van der Waals surface area (Å²) in [5.74, 6) is 1.44. The van der Waals surface area contributed by atoms with Crippen LogP contribution in [-0.4, -0.2) is 36.1 Å². The first-order chi connectivity index (χ1) is 9.50. The van der Waals surface area contributed by atoms with Crippen LogP contribution < -0.4 is 15.5 Å². The summed E-state index contributed by atoms with van der Waals surface area (Å²) >= 11 is 5.10. The van der Waals surface area contributed by atoms with Crippen LogP contribution in [-0.2, 0) is 0 Å². The standard InChI is InChI=1S/C14H17N5S/c1-18(2)14-16-9-8-12(17-14)19(3)11-7-5-4-6-10(11)13(15)20/h4-9H,1-3H3,(H2,15,20). The zero-order valence-corrected chi connectivity index (χ0v) is 12.6. The molecule has 2 aromatic rings. The first-order valence-electron chi connectivity index (χ1n) is 6.13. The van der Waals surface area contributed by atoms with Crippen molar-refractivity contribution in [2.24, 2.45) is 5.73 Å². The van der Waals surface area contributed by atoms with Crippen LogP contribution in [0.25, 0.3) is 0 Å². The van der Waals surface area contributed by atoms with E-state index in [9.17, 15) is 0 Å². The van der Waals surface area contributed by atoms with E-state index in [1.165, 1.54) is 0 Å². The molecule has 0 aliphatic rings. The Morgan fingerprint density at radius 2 is 1.85 bits per heavy atom. The van der Waals surface area contributed by atoms with Crippen molar-refractivity contribution in [2.75, 3.05) is 30.9 Å². The van der Waals surface area contributed by atoms with Gasteiger partial charge in [0.25, 0.3) is 0 Å². The number of rotatable bonds is 4. The normalized spacial score (nSPS) is 10.2. The number of aromatic nitrogens is 2. The monoisotopic (exact) mass is 287 g/mol. The van der Waals surface area contributed by atoms with Crippen molar-refractivity contribution in [1.82, 2.24) is 9.97 Å². The Kier molecular flexibility index (Phi) is 4.14. The Morgan fingerprint density at radius 1 is 1.15 bits per heavy atom. The van der Waals surface area contributed by atoms with Crippen LogP contribution in [0, 0.1) is 0 Å². The van der Waals surface area contributed by atoms with Gasteiger partial charge in [-0.15, -0.1) is 0 Å². The lowest BCUT2D eigenvalue weighted by molar-refractivity contribution is 0.981. The molecule has 6 heteroatoms. The van der Waals surface area contributed by atoms with Gasteiger partial charge in [-0.05, 0) is 18.2 Å². The predicted octanol–water partition coefficient (Wildman–Crippen LogP) is 1.94. The number of hydrogen-bond acceptors (Lipinski definition) is 5. The first-order valence-corrected chi connectivity index (χ1v) is 6.54. The van der Waals surface area contributed by atoms with Crippen molar-refractivity contribution in [1.29, 1.82) is 0 Å². The van der Waals surface area contributed by atoms with Crippen LogP contribution in [0.4, 0.5) is 17.5 Å². The lowest BCUT2D eigenvalue weighted by Gasteiger charge is -2.22. The van der Waals surface area contributed by atoms with E-state index in [2.05, 4.69) is 9.97 Å². The summed E-state index contributed by atoms with van der Waals surface area (Å²) in [6.45, 7) is 0. The van der Waals surface area contributed by atoms with Crippen molar-refractivity contribution < 1.29 is 0 Å². The van der Waals surface area contributed by atoms with Crippen molar-refractivity contribution in [2.45, 2.75) is 0 Å². The molecule has 0 fully saturated rings. The minimum Gasteiger partial charge on any atom is -0.389 e. The Balaban J connectivity index is 2.44. The third-order valence-corrected chi connectivity index (χ3v) is 3.12. The summed E-state index contributed by atoms with van der Waals surface area (Å²) in [7, 11) is 5.74. The quantitative estimate of drug-likeness (QED) is 0.867. The number of nitrogens with two attached hydrogens (primary N) is 1. The molecule has 0 amide bonds. The van der Waals surface area contributed by atoms with Gasteiger partial charge in [-0.3, -0.25) is 0 Å². The van der Waals surface area contributed by atoms with Crippen LogP contribution in [0.3, 0.4) is 0 Å².